The second kappa shape index (κ2) is 9.99. The Kier molecular flexibility index (Phi) is 7.99. The van der Waals surface area contributed by atoms with Gasteiger partial charge in [-0.25, -0.2) is 4.99 Å². The highest BCUT2D eigenvalue weighted by molar-refractivity contribution is 14.0. The third-order valence-corrected chi connectivity index (χ3v) is 5.04. The van der Waals surface area contributed by atoms with Crippen molar-refractivity contribution in [1.29, 1.82) is 0 Å². The van der Waals surface area contributed by atoms with Gasteiger partial charge in [0.25, 0.3) is 0 Å². The summed E-state index contributed by atoms with van der Waals surface area (Å²) in [5.74, 6) is 2.42. The van der Waals surface area contributed by atoms with Crippen molar-refractivity contribution in [2.24, 2.45) is 16.8 Å². The number of aliphatic imine (C=N–C) groups is 1. The van der Waals surface area contributed by atoms with Crippen LogP contribution in [0.4, 0.5) is 5.69 Å². The Balaban J connectivity index is 0.00000225. The summed E-state index contributed by atoms with van der Waals surface area (Å²) in [7, 11) is 0. The van der Waals surface area contributed by atoms with Crippen molar-refractivity contribution >= 4 is 41.5 Å². The second-order valence-corrected chi connectivity index (χ2v) is 6.79. The predicted molar refractivity (Wildman–Crippen MR) is 113 cm³/mol. The molecule has 0 spiro atoms. The average molecular weight is 456 g/mol. The zero-order valence-corrected chi connectivity index (χ0v) is 17.2. The van der Waals surface area contributed by atoms with E-state index in [0.29, 0.717) is 0 Å². The maximum absolute atomic E-state index is 12.1. The zero-order valence-electron chi connectivity index (χ0n) is 14.9. The highest BCUT2D eigenvalue weighted by Crippen LogP contribution is 2.35. The van der Waals surface area contributed by atoms with Gasteiger partial charge in [-0.3, -0.25) is 4.79 Å². The molecule has 25 heavy (non-hydrogen) atoms. The molecule has 138 valence electrons. The molecule has 1 aliphatic heterocycles. The number of carbonyl (C=O) groups is 1. The molecule has 2 atom stereocenters. The van der Waals surface area contributed by atoms with Crippen LogP contribution in [0.1, 0.15) is 32.6 Å². The van der Waals surface area contributed by atoms with Gasteiger partial charge in [0.15, 0.2) is 5.96 Å². The molecule has 1 aromatic carbocycles. The maximum atomic E-state index is 12.1. The lowest BCUT2D eigenvalue weighted by atomic mass is 9.82. The number of carbonyl (C=O) groups excluding carboxylic acids is 1. The van der Waals surface area contributed by atoms with Crippen molar-refractivity contribution in [3.8, 4) is 0 Å². The van der Waals surface area contributed by atoms with E-state index >= 15 is 0 Å². The molecular weight excluding hydrogens is 427 g/mol. The Labute approximate surface area is 167 Å². The van der Waals surface area contributed by atoms with Gasteiger partial charge in [-0.2, -0.15) is 0 Å². The maximum Gasteiger partial charge on any atom is 0.246 e. The lowest BCUT2D eigenvalue weighted by Gasteiger charge is -2.22. The fraction of sp³-hybridized carbons (Fsp3) is 0.579. The molecule has 1 aromatic rings. The standard InChI is InChI=1S/C19H28N4O.HI/c1-2-20-19(23-13-15-8-6-7-9-16(15)14-23)21-12-18(24)22-17-10-4-3-5-11-17;/h3-5,10-11,15-16H,2,6-9,12-14H2,1H3,(H,20,21)(H,22,24);1H. The van der Waals surface area contributed by atoms with Crippen LogP contribution < -0.4 is 10.6 Å². The number of fused-ring (bicyclic) bond motifs is 1. The normalized spacial score (nSPS) is 22.8. The number of nitrogens with zero attached hydrogens (tertiary/aromatic N) is 2. The van der Waals surface area contributed by atoms with Gasteiger partial charge in [0.1, 0.15) is 6.54 Å². The molecule has 0 radical (unpaired) electrons. The highest BCUT2D eigenvalue weighted by atomic mass is 127. The number of hydrogen-bond acceptors (Lipinski definition) is 2. The molecule has 1 heterocycles. The van der Waals surface area contributed by atoms with Crippen LogP contribution in [-0.4, -0.2) is 42.9 Å². The molecule has 5 nitrogen and oxygen atoms in total. The Hall–Kier alpha value is -1.31. The molecule has 1 saturated heterocycles. The lowest BCUT2D eigenvalue weighted by molar-refractivity contribution is -0.114. The molecule has 0 bridgehead atoms. The number of rotatable bonds is 4. The van der Waals surface area contributed by atoms with Crippen LogP contribution in [-0.2, 0) is 4.79 Å². The van der Waals surface area contributed by atoms with Gasteiger partial charge in [0.05, 0.1) is 0 Å². The van der Waals surface area contributed by atoms with Crippen molar-refractivity contribution in [2.45, 2.75) is 32.6 Å². The van der Waals surface area contributed by atoms with Gasteiger partial charge in [-0.1, -0.05) is 31.0 Å². The van der Waals surface area contributed by atoms with Crippen LogP contribution in [0.2, 0.25) is 0 Å². The largest absolute Gasteiger partial charge is 0.357 e. The summed E-state index contributed by atoms with van der Waals surface area (Å²) in [5, 5.41) is 6.24. The summed E-state index contributed by atoms with van der Waals surface area (Å²) in [5.41, 5.74) is 0.815. The van der Waals surface area contributed by atoms with E-state index in [9.17, 15) is 4.79 Å². The van der Waals surface area contributed by atoms with E-state index in [2.05, 4.69) is 27.4 Å². The van der Waals surface area contributed by atoms with Crippen LogP contribution in [0.15, 0.2) is 35.3 Å². The summed E-state index contributed by atoms with van der Waals surface area (Å²) in [4.78, 5) is 19.0. The van der Waals surface area contributed by atoms with Gasteiger partial charge >= 0.3 is 0 Å². The molecule has 1 aliphatic carbocycles. The molecule has 2 unspecified atom stereocenters. The minimum atomic E-state index is -0.0757. The first-order valence-electron chi connectivity index (χ1n) is 9.14. The van der Waals surface area contributed by atoms with Crippen molar-refractivity contribution in [3.63, 3.8) is 0 Å². The monoisotopic (exact) mass is 456 g/mol. The summed E-state index contributed by atoms with van der Waals surface area (Å²) in [6.07, 6.45) is 5.41. The number of halogens is 1. The van der Waals surface area contributed by atoms with E-state index in [1.54, 1.807) is 0 Å². The van der Waals surface area contributed by atoms with Crippen LogP contribution >= 0.6 is 24.0 Å². The molecule has 3 rings (SSSR count). The number of nitrogens with one attached hydrogen (secondary N) is 2. The molecule has 2 fully saturated rings. The van der Waals surface area contributed by atoms with E-state index in [4.69, 9.17) is 0 Å². The smallest absolute Gasteiger partial charge is 0.246 e. The first kappa shape index (κ1) is 20.0. The molecule has 2 aliphatic rings. The third-order valence-electron chi connectivity index (χ3n) is 5.04. The number of likely N-dealkylation sites (tertiary alicyclic amines) is 1. The quantitative estimate of drug-likeness (QED) is 0.415. The average Bonchev–Trinajstić information content (AvgIpc) is 3.03. The number of benzene rings is 1. The van der Waals surface area contributed by atoms with E-state index < -0.39 is 0 Å². The molecule has 0 aromatic heterocycles. The molecule has 1 saturated carbocycles. The Bertz CT molecular complexity index is 564. The number of hydrogen-bond donors (Lipinski definition) is 2. The van der Waals surface area contributed by atoms with Gasteiger partial charge in [-0.15, -0.1) is 24.0 Å². The number of para-hydroxylation sites is 1. The topological polar surface area (TPSA) is 56.7 Å². The first-order valence-corrected chi connectivity index (χ1v) is 9.14. The van der Waals surface area contributed by atoms with Crippen molar-refractivity contribution in [3.05, 3.63) is 30.3 Å². The first-order chi connectivity index (χ1) is 11.8. The minimum absolute atomic E-state index is 0. The summed E-state index contributed by atoms with van der Waals surface area (Å²) in [6.45, 7) is 5.21. The summed E-state index contributed by atoms with van der Waals surface area (Å²) >= 11 is 0. The van der Waals surface area contributed by atoms with E-state index in [1.807, 2.05) is 30.3 Å². The second-order valence-electron chi connectivity index (χ2n) is 6.79. The fourth-order valence-corrected chi connectivity index (χ4v) is 3.87. The zero-order chi connectivity index (χ0) is 16.8. The van der Waals surface area contributed by atoms with Gasteiger partial charge in [0, 0.05) is 25.3 Å². The number of amides is 1. The molecular formula is C19H29IN4O. The summed E-state index contributed by atoms with van der Waals surface area (Å²) < 4.78 is 0. The van der Waals surface area contributed by atoms with E-state index in [0.717, 1.165) is 43.1 Å². The third kappa shape index (κ3) is 5.59. The van der Waals surface area contributed by atoms with Crippen LogP contribution in [0.3, 0.4) is 0 Å². The van der Waals surface area contributed by atoms with Crippen molar-refractivity contribution in [1.82, 2.24) is 10.2 Å². The van der Waals surface area contributed by atoms with Gasteiger partial charge < -0.3 is 15.5 Å². The van der Waals surface area contributed by atoms with Crippen LogP contribution in [0.25, 0.3) is 0 Å². The van der Waals surface area contributed by atoms with Gasteiger partial charge in [-0.05, 0) is 43.7 Å². The fourth-order valence-electron chi connectivity index (χ4n) is 3.87. The van der Waals surface area contributed by atoms with Crippen LogP contribution in [0, 0.1) is 11.8 Å². The minimum Gasteiger partial charge on any atom is -0.357 e. The summed E-state index contributed by atoms with van der Waals surface area (Å²) in [6, 6.07) is 9.53. The molecule has 2 N–H and O–H groups in total. The Morgan fingerprint density at radius 2 is 1.80 bits per heavy atom. The Morgan fingerprint density at radius 3 is 2.40 bits per heavy atom. The van der Waals surface area contributed by atoms with Crippen LogP contribution in [0.5, 0.6) is 0 Å². The van der Waals surface area contributed by atoms with Crippen molar-refractivity contribution < 1.29 is 4.79 Å². The highest BCUT2D eigenvalue weighted by Gasteiger charge is 2.35. The van der Waals surface area contributed by atoms with E-state index in [-0.39, 0.29) is 36.4 Å². The Morgan fingerprint density at radius 1 is 1.16 bits per heavy atom. The molecule has 6 heteroatoms. The molecule has 1 amide bonds. The lowest BCUT2D eigenvalue weighted by Crippen LogP contribution is -2.40. The van der Waals surface area contributed by atoms with Gasteiger partial charge in [0.2, 0.25) is 5.91 Å². The number of anilines is 1. The predicted octanol–water partition coefficient (Wildman–Crippen LogP) is 3.33. The SMILES string of the molecule is CCNC(=NCC(=O)Nc1ccccc1)N1CC2CCCCC2C1.I. The van der Waals surface area contributed by atoms with Crippen molar-refractivity contribution in [2.75, 3.05) is 31.5 Å². The van der Waals surface area contributed by atoms with E-state index in [1.165, 1.54) is 25.7 Å². The number of guanidine groups is 1.